The van der Waals surface area contributed by atoms with E-state index in [2.05, 4.69) is 39.5 Å². The minimum Gasteiger partial charge on any atom is -0.295 e. The van der Waals surface area contributed by atoms with Crippen molar-refractivity contribution in [3.63, 3.8) is 0 Å². The van der Waals surface area contributed by atoms with E-state index in [1.807, 2.05) is 0 Å². The number of hydrogen-bond donors (Lipinski definition) is 0. The Morgan fingerprint density at radius 1 is 1.15 bits per heavy atom. The second-order valence-corrected chi connectivity index (χ2v) is 5.67. The van der Waals surface area contributed by atoms with Crippen molar-refractivity contribution in [2.75, 3.05) is 6.54 Å². The monoisotopic (exact) mass is 183 g/mol. The van der Waals surface area contributed by atoms with E-state index >= 15 is 0 Å². The number of likely N-dealkylation sites (tertiary alicyclic amines) is 1. The first-order chi connectivity index (χ1) is 5.93. The highest BCUT2D eigenvalue weighted by Gasteiger charge is 2.32. The van der Waals surface area contributed by atoms with Gasteiger partial charge in [0, 0.05) is 11.6 Å². The summed E-state index contributed by atoms with van der Waals surface area (Å²) in [4.78, 5) is 2.70. The number of nitrogens with zero attached hydrogens (tertiary/aromatic N) is 1. The predicted octanol–water partition coefficient (Wildman–Crippen LogP) is 3.30. The third kappa shape index (κ3) is 2.70. The fourth-order valence-corrected chi connectivity index (χ4v) is 2.48. The Kier molecular flexibility index (Phi) is 3.39. The van der Waals surface area contributed by atoms with Crippen LogP contribution in [0.4, 0.5) is 0 Å². The molecule has 1 rings (SSSR count). The lowest BCUT2D eigenvalue weighted by Gasteiger charge is -2.46. The summed E-state index contributed by atoms with van der Waals surface area (Å²) in [6, 6.07) is 0.814. The van der Waals surface area contributed by atoms with Crippen LogP contribution in [0, 0.1) is 5.92 Å². The quantitative estimate of drug-likeness (QED) is 0.603. The van der Waals surface area contributed by atoms with Crippen molar-refractivity contribution in [1.29, 1.82) is 0 Å². The zero-order valence-electron chi connectivity index (χ0n) is 9.93. The molecule has 0 spiro atoms. The average molecular weight is 183 g/mol. The first-order valence-corrected chi connectivity index (χ1v) is 5.69. The Morgan fingerprint density at radius 2 is 1.77 bits per heavy atom. The highest BCUT2D eigenvalue weighted by molar-refractivity contribution is 4.87. The summed E-state index contributed by atoms with van der Waals surface area (Å²) < 4.78 is 0. The number of piperidine rings is 1. The number of rotatable bonds is 1. The first kappa shape index (κ1) is 11.0. The highest BCUT2D eigenvalue weighted by Crippen LogP contribution is 2.29. The number of hydrogen-bond acceptors (Lipinski definition) is 1. The molecule has 1 atom stereocenters. The fraction of sp³-hybridized carbons (Fsp3) is 1.00. The van der Waals surface area contributed by atoms with Gasteiger partial charge in [-0.3, -0.25) is 4.90 Å². The van der Waals surface area contributed by atoms with Crippen LogP contribution in [0.3, 0.4) is 0 Å². The lowest BCUT2D eigenvalue weighted by atomic mass is 9.88. The van der Waals surface area contributed by atoms with Crippen molar-refractivity contribution in [3.05, 3.63) is 0 Å². The van der Waals surface area contributed by atoms with Gasteiger partial charge in [-0.2, -0.15) is 0 Å². The van der Waals surface area contributed by atoms with Crippen molar-refractivity contribution in [2.45, 2.75) is 65.5 Å². The van der Waals surface area contributed by atoms with E-state index < -0.39 is 0 Å². The van der Waals surface area contributed by atoms with Gasteiger partial charge >= 0.3 is 0 Å². The topological polar surface area (TPSA) is 3.24 Å². The molecule has 0 radical (unpaired) electrons. The van der Waals surface area contributed by atoms with Crippen molar-refractivity contribution in [2.24, 2.45) is 5.92 Å². The standard InChI is InChI=1S/C12H25N/c1-10(2)11-8-6-7-9-13(11)12(3,4)5/h10-11H,6-9H2,1-5H3/t11-/m0/s1. The maximum atomic E-state index is 2.70. The zero-order valence-corrected chi connectivity index (χ0v) is 9.93. The smallest absolute Gasteiger partial charge is 0.0128 e. The molecule has 0 aromatic heterocycles. The lowest BCUT2D eigenvalue weighted by molar-refractivity contribution is 0.0281. The second kappa shape index (κ2) is 4.00. The van der Waals surface area contributed by atoms with Crippen LogP contribution < -0.4 is 0 Å². The Balaban J connectivity index is 2.67. The summed E-state index contributed by atoms with van der Waals surface area (Å²) in [7, 11) is 0. The van der Waals surface area contributed by atoms with Crippen LogP contribution in [-0.4, -0.2) is 23.0 Å². The molecule has 1 heterocycles. The zero-order chi connectivity index (χ0) is 10.1. The van der Waals surface area contributed by atoms with Gasteiger partial charge in [0.2, 0.25) is 0 Å². The van der Waals surface area contributed by atoms with Crippen molar-refractivity contribution in [1.82, 2.24) is 4.90 Å². The minimum atomic E-state index is 0.357. The summed E-state index contributed by atoms with van der Waals surface area (Å²) in [5, 5.41) is 0. The summed E-state index contributed by atoms with van der Waals surface area (Å²) in [5.41, 5.74) is 0.357. The van der Waals surface area contributed by atoms with Gasteiger partial charge in [0.25, 0.3) is 0 Å². The first-order valence-electron chi connectivity index (χ1n) is 5.69. The normalized spacial score (nSPS) is 26.8. The molecular formula is C12H25N. The molecule has 0 unspecified atom stereocenters. The SMILES string of the molecule is CC(C)[C@@H]1CCCCN1C(C)(C)C. The van der Waals surface area contributed by atoms with Crippen LogP contribution >= 0.6 is 0 Å². The van der Waals surface area contributed by atoms with Gasteiger partial charge in [0.1, 0.15) is 0 Å². The van der Waals surface area contributed by atoms with Gasteiger partial charge in [-0.1, -0.05) is 20.3 Å². The highest BCUT2D eigenvalue weighted by atomic mass is 15.2. The molecule has 0 bridgehead atoms. The van der Waals surface area contributed by atoms with Crippen LogP contribution in [0.1, 0.15) is 53.9 Å². The van der Waals surface area contributed by atoms with Crippen molar-refractivity contribution < 1.29 is 0 Å². The molecule has 1 saturated heterocycles. The molecule has 13 heavy (non-hydrogen) atoms. The molecule has 1 aliphatic rings. The van der Waals surface area contributed by atoms with E-state index in [1.54, 1.807) is 0 Å². The third-order valence-electron chi connectivity index (χ3n) is 3.18. The van der Waals surface area contributed by atoms with Crippen LogP contribution in [-0.2, 0) is 0 Å². The maximum Gasteiger partial charge on any atom is 0.0128 e. The van der Waals surface area contributed by atoms with Gasteiger partial charge < -0.3 is 0 Å². The molecule has 1 heteroatoms. The van der Waals surface area contributed by atoms with Crippen molar-refractivity contribution >= 4 is 0 Å². The predicted molar refractivity (Wildman–Crippen MR) is 58.9 cm³/mol. The fourth-order valence-electron chi connectivity index (χ4n) is 2.48. The van der Waals surface area contributed by atoms with Gasteiger partial charge in [0.05, 0.1) is 0 Å². The van der Waals surface area contributed by atoms with E-state index in [0.717, 1.165) is 12.0 Å². The molecule has 0 aromatic carbocycles. The second-order valence-electron chi connectivity index (χ2n) is 5.67. The Bertz CT molecular complexity index is 155. The molecule has 0 saturated carbocycles. The average Bonchev–Trinajstić information content (AvgIpc) is 2.03. The summed E-state index contributed by atoms with van der Waals surface area (Å²) >= 11 is 0. The molecule has 0 N–H and O–H groups in total. The van der Waals surface area contributed by atoms with Crippen LogP contribution in [0.25, 0.3) is 0 Å². The van der Waals surface area contributed by atoms with E-state index in [9.17, 15) is 0 Å². The summed E-state index contributed by atoms with van der Waals surface area (Å²) in [5.74, 6) is 0.805. The lowest BCUT2D eigenvalue weighted by Crippen LogP contribution is -2.52. The Morgan fingerprint density at radius 3 is 2.15 bits per heavy atom. The van der Waals surface area contributed by atoms with E-state index in [0.29, 0.717) is 5.54 Å². The van der Waals surface area contributed by atoms with E-state index in [4.69, 9.17) is 0 Å². The molecule has 1 aliphatic heterocycles. The molecule has 1 fully saturated rings. The van der Waals surface area contributed by atoms with Gasteiger partial charge in [-0.25, -0.2) is 0 Å². The summed E-state index contributed by atoms with van der Waals surface area (Å²) in [6.07, 6.45) is 4.21. The van der Waals surface area contributed by atoms with Gasteiger partial charge in [-0.05, 0) is 46.1 Å². The van der Waals surface area contributed by atoms with Crippen LogP contribution in [0.2, 0.25) is 0 Å². The van der Waals surface area contributed by atoms with Gasteiger partial charge in [-0.15, -0.1) is 0 Å². The Hall–Kier alpha value is -0.0400. The van der Waals surface area contributed by atoms with E-state index in [1.165, 1.54) is 25.8 Å². The maximum absolute atomic E-state index is 2.70. The molecule has 0 amide bonds. The van der Waals surface area contributed by atoms with Crippen LogP contribution in [0.5, 0.6) is 0 Å². The molecule has 0 aliphatic carbocycles. The largest absolute Gasteiger partial charge is 0.295 e. The van der Waals surface area contributed by atoms with Gasteiger partial charge in [0.15, 0.2) is 0 Å². The summed E-state index contributed by atoms with van der Waals surface area (Å²) in [6.45, 7) is 13.0. The molecule has 1 nitrogen and oxygen atoms in total. The Labute approximate surface area is 83.5 Å². The van der Waals surface area contributed by atoms with Crippen LogP contribution in [0.15, 0.2) is 0 Å². The molecular weight excluding hydrogens is 158 g/mol. The molecule has 0 aromatic rings. The van der Waals surface area contributed by atoms with Crippen molar-refractivity contribution in [3.8, 4) is 0 Å². The van der Waals surface area contributed by atoms with E-state index in [-0.39, 0.29) is 0 Å². The third-order valence-corrected chi connectivity index (χ3v) is 3.18. The minimum absolute atomic E-state index is 0.357. The molecule has 78 valence electrons.